The zero-order valence-corrected chi connectivity index (χ0v) is 12.6. The summed E-state index contributed by atoms with van der Waals surface area (Å²) in [6, 6.07) is 0.492. The van der Waals surface area contributed by atoms with Gasteiger partial charge in [0.25, 0.3) is 0 Å². The standard InChI is InChI=1S/C16H28N2O/c1-4-12-7-5-6-8-13(12)18-14(11(2)3)17-16(9-10-16)15(18)19/h11-14,17H,4-10H2,1-3H3. The zero-order valence-electron chi connectivity index (χ0n) is 12.6. The number of hydrogen-bond donors (Lipinski definition) is 1. The number of rotatable bonds is 3. The largest absolute Gasteiger partial charge is 0.322 e. The van der Waals surface area contributed by atoms with Gasteiger partial charge in [-0.15, -0.1) is 0 Å². The molecule has 3 nitrogen and oxygen atoms in total. The van der Waals surface area contributed by atoms with Crippen molar-refractivity contribution in [2.45, 2.75) is 83.5 Å². The fourth-order valence-corrected chi connectivity index (χ4v) is 4.15. The van der Waals surface area contributed by atoms with Crippen molar-refractivity contribution < 1.29 is 4.79 Å². The van der Waals surface area contributed by atoms with Gasteiger partial charge in [0.05, 0.1) is 11.7 Å². The molecule has 1 saturated heterocycles. The van der Waals surface area contributed by atoms with Crippen LogP contribution >= 0.6 is 0 Å². The molecule has 3 rings (SSSR count). The van der Waals surface area contributed by atoms with Crippen LogP contribution in [-0.2, 0) is 4.79 Å². The Morgan fingerprint density at radius 2 is 2.00 bits per heavy atom. The molecule has 3 atom stereocenters. The summed E-state index contributed by atoms with van der Waals surface area (Å²) in [6.45, 7) is 6.76. The summed E-state index contributed by atoms with van der Waals surface area (Å²) in [5.41, 5.74) is -0.148. The van der Waals surface area contributed by atoms with E-state index in [1.807, 2.05) is 0 Å². The van der Waals surface area contributed by atoms with E-state index in [1.165, 1.54) is 32.1 Å². The van der Waals surface area contributed by atoms with Gasteiger partial charge >= 0.3 is 0 Å². The van der Waals surface area contributed by atoms with Gasteiger partial charge in [0.15, 0.2) is 0 Å². The lowest BCUT2D eigenvalue weighted by atomic mass is 9.81. The smallest absolute Gasteiger partial charge is 0.244 e. The Kier molecular flexibility index (Phi) is 3.36. The van der Waals surface area contributed by atoms with Crippen LogP contribution in [0.5, 0.6) is 0 Å². The van der Waals surface area contributed by atoms with Gasteiger partial charge in [-0.05, 0) is 37.5 Å². The molecular formula is C16H28N2O. The summed E-state index contributed by atoms with van der Waals surface area (Å²) in [5.74, 6) is 1.63. The monoisotopic (exact) mass is 264 g/mol. The Morgan fingerprint density at radius 1 is 1.32 bits per heavy atom. The van der Waals surface area contributed by atoms with E-state index < -0.39 is 0 Å². The van der Waals surface area contributed by atoms with E-state index in [2.05, 4.69) is 31.0 Å². The third-order valence-electron chi connectivity index (χ3n) is 5.50. The predicted octanol–water partition coefficient (Wildman–Crippen LogP) is 2.90. The van der Waals surface area contributed by atoms with Crippen LogP contribution in [0.25, 0.3) is 0 Å². The van der Waals surface area contributed by atoms with Gasteiger partial charge in [0.2, 0.25) is 5.91 Å². The van der Waals surface area contributed by atoms with E-state index in [0.29, 0.717) is 17.9 Å². The van der Waals surface area contributed by atoms with Gasteiger partial charge in [-0.3, -0.25) is 10.1 Å². The van der Waals surface area contributed by atoms with Crippen molar-refractivity contribution in [2.24, 2.45) is 11.8 Å². The first-order valence-electron chi connectivity index (χ1n) is 8.19. The van der Waals surface area contributed by atoms with Crippen LogP contribution in [0.1, 0.15) is 65.7 Å². The van der Waals surface area contributed by atoms with E-state index in [1.54, 1.807) is 0 Å². The molecule has 0 aromatic heterocycles. The summed E-state index contributed by atoms with van der Waals surface area (Å²) in [5, 5.41) is 3.66. The number of hydrogen-bond acceptors (Lipinski definition) is 2. The highest BCUT2D eigenvalue weighted by atomic mass is 16.2. The second kappa shape index (κ2) is 4.76. The SMILES string of the molecule is CCC1CCCCC1N1C(=O)C2(CC2)NC1C(C)C. The predicted molar refractivity (Wildman–Crippen MR) is 76.6 cm³/mol. The lowest BCUT2D eigenvalue weighted by Gasteiger charge is -2.41. The van der Waals surface area contributed by atoms with Crippen molar-refractivity contribution in [1.29, 1.82) is 0 Å². The molecule has 2 saturated carbocycles. The fraction of sp³-hybridized carbons (Fsp3) is 0.938. The van der Waals surface area contributed by atoms with Crippen LogP contribution in [-0.4, -0.2) is 28.6 Å². The topological polar surface area (TPSA) is 32.3 Å². The van der Waals surface area contributed by atoms with E-state index in [-0.39, 0.29) is 11.7 Å². The van der Waals surface area contributed by atoms with E-state index in [9.17, 15) is 4.79 Å². The average molecular weight is 264 g/mol. The van der Waals surface area contributed by atoms with Crippen molar-refractivity contribution in [3.63, 3.8) is 0 Å². The first-order chi connectivity index (χ1) is 9.09. The minimum Gasteiger partial charge on any atom is -0.322 e. The Balaban J connectivity index is 1.85. The molecule has 1 aliphatic heterocycles. The molecule has 1 spiro atoms. The molecule has 2 aliphatic carbocycles. The average Bonchev–Trinajstić information content (AvgIpc) is 3.12. The summed E-state index contributed by atoms with van der Waals surface area (Å²) >= 11 is 0. The highest BCUT2D eigenvalue weighted by Gasteiger charge is 2.61. The number of nitrogens with zero attached hydrogens (tertiary/aromatic N) is 1. The van der Waals surface area contributed by atoms with Crippen LogP contribution < -0.4 is 5.32 Å². The number of nitrogens with one attached hydrogen (secondary N) is 1. The highest BCUT2D eigenvalue weighted by Crippen LogP contribution is 2.46. The lowest BCUT2D eigenvalue weighted by molar-refractivity contribution is -0.135. The first-order valence-corrected chi connectivity index (χ1v) is 8.19. The summed E-state index contributed by atoms with van der Waals surface area (Å²) in [7, 11) is 0. The normalized spacial score (nSPS) is 37.4. The van der Waals surface area contributed by atoms with Crippen molar-refractivity contribution >= 4 is 5.91 Å². The molecular weight excluding hydrogens is 236 g/mol. The third kappa shape index (κ3) is 2.10. The minimum atomic E-state index is -0.148. The molecule has 0 radical (unpaired) electrons. The van der Waals surface area contributed by atoms with Gasteiger partial charge in [-0.1, -0.05) is 40.0 Å². The van der Waals surface area contributed by atoms with Gasteiger partial charge in [-0.2, -0.15) is 0 Å². The molecule has 3 heteroatoms. The molecule has 1 heterocycles. The van der Waals surface area contributed by atoms with Crippen LogP contribution in [0.2, 0.25) is 0 Å². The summed E-state index contributed by atoms with van der Waals surface area (Å²) in [6.07, 6.45) is 8.75. The Bertz CT molecular complexity index is 362. The van der Waals surface area contributed by atoms with E-state index in [0.717, 1.165) is 18.8 Å². The molecule has 108 valence electrons. The third-order valence-corrected chi connectivity index (χ3v) is 5.50. The molecule has 1 amide bonds. The van der Waals surface area contributed by atoms with Crippen molar-refractivity contribution in [1.82, 2.24) is 10.2 Å². The summed E-state index contributed by atoms with van der Waals surface area (Å²) in [4.78, 5) is 15.1. The maximum atomic E-state index is 12.8. The molecule has 3 fully saturated rings. The van der Waals surface area contributed by atoms with Gasteiger partial charge < -0.3 is 4.90 Å². The Hall–Kier alpha value is -0.570. The molecule has 0 aromatic rings. The zero-order chi connectivity index (χ0) is 13.6. The van der Waals surface area contributed by atoms with Gasteiger partial charge in [0.1, 0.15) is 0 Å². The van der Waals surface area contributed by atoms with Crippen LogP contribution in [0.3, 0.4) is 0 Å². The molecule has 0 aromatic carbocycles. The van der Waals surface area contributed by atoms with Crippen LogP contribution in [0, 0.1) is 11.8 Å². The minimum absolute atomic E-state index is 0.148. The molecule has 3 aliphatic rings. The Labute approximate surface area is 117 Å². The fourth-order valence-electron chi connectivity index (χ4n) is 4.15. The maximum absolute atomic E-state index is 12.8. The molecule has 0 bridgehead atoms. The first kappa shape index (κ1) is 13.4. The second-order valence-corrected chi connectivity index (χ2v) is 7.15. The highest BCUT2D eigenvalue weighted by molar-refractivity contribution is 5.92. The molecule has 3 unspecified atom stereocenters. The van der Waals surface area contributed by atoms with Crippen LogP contribution in [0.4, 0.5) is 0 Å². The number of carbonyl (C=O) groups is 1. The Morgan fingerprint density at radius 3 is 2.58 bits per heavy atom. The van der Waals surface area contributed by atoms with E-state index >= 15 is 0 Å². The number of amides is 1. The quantitative estimate of drug-likeness (QED) is 0.850. The van der Waals surface area contributed by atoms with Gasteiger partial charge in [0, 0.05) is 6.04 Å². The van der Waals surface area contributed by atoms with Gasteiger partial charge in [-0.25, -0.2) is 0 Å². The van der Waals surface area contributed by atoms with Crippen LogP contribution in [0.15, 0.2) is 0 Å². The molecule has 1 N–H and O–H groups in total. The number of carbonyl (C=O) groups excluding carboxylic acids is 1. The second-order valence-electron chi connectivity index (χ2n) is 7.15. The van der Waals surface area contributed by atoms with Crippen molar-refractivity contribution in [3.8, 4) is 0 Å². The summed E-state index contributed by atoms with van der Waals surface area (Å²) < 4.78 is 0. The molecule has 19 heavy (non-hydrogen) atoms. The lowest BCUT2D eigenvalue weighted by Crippen LogP contribution is -2.51. The maximum Gasteiger partial charge on any atom is 0.244 e. The van der Waals surface area contributed by atoms with E-state index in [4.69, 9.17) is 0 Å². The van der Waals surface area contributed by atoms with Crippen molar-refractivity contribution in [2.75, 3.05) is 0 Å². The van der Waals surface area contributed by atoms with Crippen molar-refractivity contribution in [3.05, 3.63) is 0 Å².